The third kappa shape index (κ3) is 3.51. The number of pyridine rings is 1. The van der Waals surface area contributed by atoms with Crippen LogP contribution in [0.1, 0.15) is 30.0 Å². The molecule has 1 aliphatic heterocycles. The Bertz CT molecular complexity index is 873. The second kappa shape index (κ2) is 6.59. The molecule has 9 heteroatoms. The summed E-state index contributed by atoms with van der Waals surface area (Å²) in [7, 11) is -4.08. The van der Waals surface area contributed by atoms with Gasteiger partial charge in [-0.15, -0.1) is 0 Å². The molecule has 0 bridgehead atoms. The van der Waals surface area contributed by atoms with Crippen LogP contribution in [0, 0.1) is 0 Å². The summed E-state index contributed by atoms with van der Waals surface area (Å²) in [5.41, 5.74) is -0.393. The molecule has 2 heterocycles. The standard InChI is InChI=1S/C16H14ClF3N2O2S/c17-14-4-3-12(10-13(14)16(18,19)20)25(23,24)22-9-1-2-15(22)11-5-7-21-8-6-11/h3-8,10,15H,1-2,9H2/t15-/m0/s1. The van der Waals surface area contributed by atoms with E-state index in [9.17, 15) is 21.6 Å². The fourth-order valence-corrected chi connectivity index (χ4v) is 4.90. The van der Waals surface area contributed by atoms with E-state index in [2.05, 4.69) is 4.98 Å². The van der Waals surface area contributed by atoms with Crippen molar-refractivity contribution in [1.82, 2.24) is 9.29 Å². The molecular formula is C16H14ClF3N2O2S. The van der Waals surface area contributed by atoms with Gasteiger partial charge in [0.25, 0.3) is 0 Å². The van der Waals surface area contributed by atoms with Crippen LogP contribution in [-0.4, -0.2) is 24.3 Å². The van der Waals surface area contributed by atoms with Crippen LogP contribution in [-0.2, 0) is 16.2 Å². The molecule has 0 amide bonds. The molecule has 1 saturated heterocycles. The molecule has 0 N–H and O–H groups in total. The lowest BCUT2D eigenvalue weighted by molar-refractivity contribution is -0.137. The number of hydrogen-bond acceptors (Lipinski definition) is 3. The van der Waals surface area contributed by atoms with Gasteiger partial charge >= 0.3 is 6.18 Å². The first-order valence-electron chi connectivity index (χ1n) is 7.50. The molecular weight excluding hydrogens is 377 g/mol. The number of hydrogen-bond donors (Lipinski definition) is 0. The quantitative estimate of drug-likeness (QED) is 0.786. The number of alkyl halides is 3. The van der Waals surface area contributed by atoms with E-state index in [1.165, 1.54) is 4.31 Å². The maximum atomic E-state index is 13.0. The Morgan fingerprint density at radius 1 is 1.16 bits per heavy atom. The molecule has 1 fully saturated rings. The number of nitrogens with zero attached hydrogens (tertiary/aromatic N) is 2. The van der Waals surface area contributed by atoms with E-state index in [0.717, 1.165) is 17.7 Å². The van der Waals surface area contributed by atoms with Gasteiger partial charge in [-0.05, 0) is 48.7 Å². The number of sulfonamides is 1. The monoisotopic (exact) mass is 390 g/mol. The molecule has 0 saturated carbocycles. The fourth-order valence-electron chi connectivity index (χ4n) is 2.96. The van der Waals surface area contributed by atoms with Crippen molar-refractivity contribution in [1.29, 1.82) is 0 Å². The highest BCUT2D eigenvalue weighted by Crippen LogP contribution is 2.39. The highest BCUT2D eigenvalue weighted by atomic mass is 35.5. The molecule has 25 heavy (non-hydrogen) atoms. The third-order valence-electron chi connectivity index (χ3n) is 4.14. The van der Waals surface area contributed by atoms with Gasteiger partial charge in [0, 0.05) is 18.9 Å². The minimum absolute atomic E-state index is 0.249. The van der Waals surface area contributed by atoms with E-state index in [1.54, 1.807) is 24.5 Å². The van der Waals surface area contributed by atoms with Crippen molar-refractivity contribution in [2.45, 2.75) is 30.0 Å². The van der Waals surface area contributed by atoms with Gasteiger partial charge in [0.2, 0.25) is 10.0 Å². The summed E-state index contributed by atoms with van der Waals surface area (Å²) in [6.07, 6.45) is -0.377. The molecule has 134 valence electrons. The van der Waals surface area contributed by atoms with Crippen LogP contribution in [0.3, 0.4) is 0 Å². The summed E-state index contributed by atoms with van der Waals surface area (Å²) in [6.45, 7) is 0.249. The molecule has 0 unspecified atom stereocenters. The summed E-state index contributed by atoms with van der Waals surface area (Å²) >= 11 is 5.58. The van der Waals surface area contributed by atoms with Crippen LogP contribution in [0.2, 0.25) is 5.02 Å². The molecule has 0 radical (unpaired) electrons. The molecule has 1 atom stereocenters. The van der Waals surface area contributed by atoms with Crippen molar-refractivity contribution in [2.24, 2.45) is 0 Å². The molecule has 3 rings (SSSR count). The Hall–Kier alpha value is -1.64. The highest BCUT2D eigenvalue weighted by molar-refractivity contribution is 7.89. The van der Waals surface area contributed by atoms with Crippen LogP contribution in [0.4, 0.5) is 13.2 Å². The lowest BCUT2D eigenvalue weighted by Gasteiger charge is -2.25. The zero-order chi connectivity index (χ0) is 18.2. The first kappa shape index (κ1) is 18.2. The van der Waals surface area contributed by atoms with E-state index in [-0.39, 0.29) is 6.54 Å². The van der Waals surface area contributed by atoms with Crippen LogP contribution in [0.25, 0.3) is 0 Å². The lowest BCUT2D eigenvalue weighted by atomic mass is 10.1. The van der Waals surface area contributed by atoms with Gasteiger partial charge in [-0.1, -0.05) is 11.6 Å². The summed E-state index contributed by atoms with van der Waals surface area (Å²) < 4.78 is 66.2. The predicted octanol–water partition coefficient (Wildman–Crippen LogP) is 4.28. The summed E-state index contributed by atoms with van der Waals surface area (Å²) in [6, 6.07) is 5.67. The summed E-state index contributed by atoms with van der Waals surface area (Å²) in [4.78, 5) is 3.49. The molecule has 0 spiro atoms. The minimum Gasteiger partial charge on any atom is -0.265 e. The smallest absolute Gasteiger partial charge is 0.265 e. The van der Waals surface area contributed by atoms with Crippen LogP contribution >= 0.6 is 11.6 Å². The van der Waals surface area contributed by atoms with E-state index in [0.29, 0.717) is 18.9 Å². The van der Waals surface area contributed by atoms with E-state index < -0.39 is 37.7 Å². The molecule has 0 aliphatic carbocycles. The SMILES string of the molecule is O=S(=O)(c1ccc(Cl)c(C(F)(F)F)c1)N1CCC[C@H]1c1ccncc1. The Labute approximate surface area is 148 Å². The maximum absolute atomic E-state index is 13.0. The topological polar surface area (TPSA) is 50.3 Å². The van der Waals surface area contributed by atoms with Crippen LogP contribution in [0.5, 0.6) is 0 Å². The van der Waals surface area contributed by atoms with Gasteiger partial charge in [0.1, 0.15) is 0 Å². The first-order valence-corrected chi connectivity index (χ1v) is 9.31. The number of halogens is 4. The van der Waals surface area contributed by atoms with E-state index >= 15 is 0 Å². The van der Waals surface area contributed by atoms with Crippen LogP contribution in [0.15, 0.2) is 47.6 Å². The second-order valence-corrected chi connectivity index (χ2v) is 7.99. The largest absolute Gasteiger partial charge is 0.417 e. The van der Waals surface area contributed by atoms with Crippen molar-refractivity contribution in [3.63, 3.8) is 0 Å². The van der Waals surface area contributed by atoms with Crippen molar-refractivity contribution >= 4 is 21.6 Å². The molecule has 4 nitrogen and oxygen atoms in total. The predicted molar refractivity (Wildman–Crippen MR) is 86.6 cm³/mol. The number of benzene rings is 1. The summed E-state index contributed by atoms with van der Waals surface area (Å²) in [5, 5.41) is -0.529. The van der Waals surface area contributed by atoms with E-state index in [1.807, 2.05) is 0 Å². The van der Waals surface area contributed by atoms with Gasteiger partial charge in [-0.25, -0.2) is 8.42 Å². The highest BCUT2D eigenvalue weighted by Gasteiger charge is 2.39. The van der Waals surface area contributed by atoms with Gasteiger partial charge in [-0.3, -0.25) is 4.98 Å². The lowest BCUT2D eigenvalue weighted by Crippen LogP contribution is -2.31. The van der Waals surface area contributed by atoms with Gasteiger partial charge in [0.15, 0.2) is 0 Å². The fraction of sp³-hybridized carbons (Fsp3) is 0.312. The van der Waals surface area contributed by atoms with Crippen molar-refractivity contribution in [3.05, 3.63) is 58.9 Å². The van der Waals surface area contributed by atoms with Crippen molar-refractivity contribution in [3.8, 4) is 0 Å². The first-order chi connectivity index (χ1) is 11.7. The average molecular weight is 391 g/mol. The average Bonchev–Trinajstić information content (AvgIpc) is 3.05. The second-order valence-electron chi connectivity index (χ2n) is 5.69. The third-order valence-corrected chi connectivity index (χ3v) is 6.38. The van der Waals surface area contributed by atoms with Crippen LogP contribution < -0.4 is 0 Å². The van der Waals surface area contributed by atoms with Gasteiger partial charge in [0.05, 0.1) is 21.5 Å². The van der Waals surface area contributed by atoms with E-state index in [4.69, 9.17) is 11.6 Å². The number of aromatic nitrogens is 1. The summed E-state index contributed by atoms with van der Waals surface area (Å²) in [5.74, 6) is 0. The maximum Gasteiger partial charge on any atom is 0.417 e. The molecule has 1 aromatic heterocycles. The Kier molecular flexibility index (Phi) is 4.78. The Morgan fingerprint density at radius 2 is 1.84 bits per heavy atom. The zero-order valence-corrected chi connectivity index (χ0v) is 14.4. The molecule has 1 aliphatic rings. The van der Waals surface area contributed by atoms with Crippen molar-refractivity contribution in [2.75, 3.05) is 6.54 Å². The normalized spacial score (nSPS) is 19.3. The molecule has 1 aromatic carbocycles. The van der Waals surface area contributed by atoms with Gasteiger partial charge < -0.3 is 0 Å². The number of rotatable bonds is 3. The Morgan fingerprint density at radius 3 is 2.48 bits per heavy atom. The molecule has 2 aromatic rings. The zero-order valence-electron chi connectivity index (χ0n) is 12.9. The van der Waals surface area contributed by atoms with Gasteiger partial charge in [-0.2, -0.15) is 17.5 Å². The Balaban J connectivity index is 2.02. The minimum atomic E-state index is -4.72. The van der Waals surface area contributed by atoms with Crippen molar-refractivity contribution < 1.29 is 21.6 Å².